The first kappa shape index (κ1) is 15.4. The van der Waals surface area contributed by atoms with Gasteiger partial charge in [0.05, 0.1) is 5.41 Å². The van der Waals surface area contributed by atoms with E-state index in [1.165, 1.54) is 22.3 Å². The van der Waals surface area contributed by atoms with Crippen LogP contribution in [-0.4, -0.2) is 41.8 Å². The van der Waals surface area contributed by atoms with Crippen molar-refractivity contribution in [3.05, 3.63) is 59.7 Å². The van der Waals surface area contributed by atoms with Crippen molar-refractivity contribution in [2.45, 2.75) is 12.3 Å². The predicted molar refractivity (Wildman–Crippen MR) is 94.8 cm³/mol. The molecule has 0 bridgehead atoms. The number of ether oxygens (including phenoxy) is 1. The van der Waals surface area contributed by atoms with Crippen LogP contribution < -0.4 is 0 Å². The van der Waals surface area contributed by atoms with Crippen LogP contribution in [0.1, 0.15) is 23.5 Å². The number of carbonyl (C=O) groups is 2. The molecule has 2 unspecified atom stereocenters. The molecule has 2 aromatic rings. The van der Waals surface area contributed by atoms with Crippen molar-refractivity contribution in [2.75, 3.05) is 19.7 Å². The van der Waals surface area contributed by atoms with Crippen molar-refractivity contribution >= 4 is 12.1 Å². The fraction of sp³-hybridized carbons (Fsp3) is 0.333. The third-order valence-electron chi connectivity index (χ3n) is 6.17. The van der Waals surface area contributed by atoms with Gasteiger partial charge in [0.1, 0.15) is 6.61 Å². The van der Waals surface area contributed by atoms with Gasteiger partial charge < -0.3 is 14.7 Å². The number of benzene rings is 2. The number of carboxylic acids is 1. The van der Waals surface area contributed by atoms with Gasteiger partial charge >= 0.3 is 12.1 Å². The van der Waals surface area contributed by atoms with Crippen molar-refractivity contribution in [1.82, 2.24) is 4.90 Å². The number of rotatable bonds is 3. The highest BCUT2D eigenvalue weighted by Crippen LogP contribution is 2.58. The zero-order chi connectivity index (χ0) is 17.9. The number of hydrogen-bond acceptors (Lipinski definition) is 3. The van der Waals surface area contributed by atoms with E-state index in [0.717, 1.165) is 0 Å². The molecule has 5 rings (SSSR count). The highest BCUT2D eigenvalue weighted by molar-refractivity contribution is 5.82. The lowest BCUT2D eigenvalue weighted by molar-refractivity contribution is -0.143. The van der Waals surface area contributed by atoms with Crippen LogP contribution >= 0.6 is 0 Å². The SMILES string of the molecule is O=C(OCC1c2ccccc2-c2ccccc21)N1CC2CC2(C(=O)O)C1. The molecule has 5 nitrogen and oxygen atoms in total. The van der Waals surface area contributed by atoms with Crippen molar-refractivity contribution in [2.24, 2.45) is 11.3 Å². The minimum atomic E-state index is -0.795. The summed E-state index contributed by atoms with van der Waals surface area (Å²) in [6, 6.07) is 16.4. The maximum absolute atomic E-state index is 12.5. The van der Waals surface area contributed by atoms with Crippen LogP contribution in [0, 0.1) is 11.3 Å². The number of fused-ring (bicyclic) bond motifs is 4. The Hall–Kier alpha value is -2.82. The molecule has 5 heteroatoms. The summed E-state index contributed by atoms with van der Waals surface area (Å²) in [7, 11) is 0. The molecular formula is C21H19NO4. The molecule has 0 spiro atoms. The average molecular weight is 349 g/mol. The lowest BCUT2D eigenvalue weighted by atomic mass is 9.98. The summed E-state index contributed by atoms with van der Waals surface area (Å²) < 4.78 is 5.61. The highest BCUT2D eigenvalue weighted by atomic mass is 16.6. The Labute approximate surface area is 151 Å². The van der Waals surface area contributed by atoms with E-state index >= 15 is 0 Å². The Morgan fingerprint density at radius 2 is 1.69 bits per heavy atom. The first-order valence-electron chi connectivity index (χ1n) is 8.93. The van der Waals surface area contributed by atoms with E-state index in [1.54, 1.807) is 4.90 Å². The molecular weight excluding hydrogens is 330 g/mol. The van der Waals surface area contributed by atoms with Crippen LogP contribution in [0.2, 0.25) is 0 Å². The Bertz CT molecular complexity index is 878. The second-order valence-electron chi connectivity index (χ2n) is 7.55. The fourth-order valence-electron chi connectivity index (χ4n) is 4.64. The van der Waals surface area contributed by atoms with Gasteiger partial charge in [-0.15, -0.1) is 0 Å². The summed E-state index contributed by atoms with van der Waals surface area (Å²) in [6.45, 7) is 1.03. The summed E-state index contributed by atoms with van der Waals surface area (Å²) in [4.78, 5) is 25.4. The van der Waals surface area contributed by atoms with Gasteiger partial charge in [-0.2, -0.15) is 0 Å². The van der Waals surface area contributed by atoms with Gasteiger partial charge in [0.15, 0.2) is 0 Å². The number of carboxylic acid groups (broad SMARTS) is 1. The molecule has 2 fully saturated rings. The van der Waals surface area contributed by atoms with E-state index in [2.05, 4.69) is 24.3 Å². The molecule has 1 saturated carbocycles. The number of likely N-dealkylation sites (tertiary alicyclic amines) is 1. The summed E-state index contributed by atoms with van der Waals surface area (Å²) >= 11 is 0. The van der Waals surface area contributed by atoms with E-state index in [0.29, 0.717) is 13.0 Å². The van der Waals surface area contributed by atoms with E-state index in [4.69, 9.17) is 4.74 Å². The normalized spacial score (nSPS) is 25.4. The van der Waals surface area contributed by atoms with E-state index in [9.17, 15) is 14.7 Å². The highest BCUT2D eigenvalue weighted by Gasteiger charge is 2.66. The van der Waals surface area contributed by atoms with Gasteiger partial charge in [-0.1, -0.05) is 48.5 Å². The fourth-order valence-corrected chi connectivity index (χ4v) is 4.64. The first-order valence-corrected chi connectivity index (χ1v) is 8.93. The van der Waals surface area contributed by atoms with E-state index in [-0.39, 0.29) is 25.0 Å². The van der Waals surface area contributed by atoms with Crippen LogP contribution in [-0.2, 0) is 9.53 Å². The summed E-state index contributed by atoms with van der Waals surface area (Å²) in [5.41, 5.74) is 4.01. The number of piperidine rings is 1. The van der Waals surface area contributed by atoms with Crippen LogP contribution in [0.25, 0.3) is 11.1 Å². The van der Waals surface area contributed by atoms with E-state index in [1.807, 2.05) is 24.3 Å². The predicted octanol–water partition coefficient (Wildman–Crippen LogP) is 3.34. The number of amides is 1. The maximum Gasteiger partial charge on any atom is 0.409 e. The summed E-state index contributed by atoms with van der Waals surface area (Å²) in [6.07, 6.45) is 0.273. The van der Waals surface area contributed by atoms with Gasteiger partial charge in [-0.05, 0) is 34.6 Å². The number of carbonyl (C=O) groups excluding carboxylic acids is 1. The molecule has 0 aromatic heterocycles. The standard InChI is InChI=1S/C21H19NO4/c23-19(24)21-9-13(21)10-22(12-21)20(25)26-11-18-16-7-3-1-5-14(16)15-6-2-4-8-17(15)18/h1-8,13,18H,9-12H2,(H,23,24). The lowest BCUT2D eigenvalue weighted by Crippen LogP contribution is -2.35. The molecule has 1 heterocycles. The number of aliphatic carboxylic acids is 1. The lowest BCUT2D eigenvalue weighted by Gasteiger charge is -2.21. The van der Waals surface area contributed by atoms with Crippen LogP contribution in [0.5, 0.6) is 0 Å². The smallest absolute Gasteiger partial charge is 0.409 e. The summed E-state index contributed by atoms with van der Waals surface area (Å²) in [5.74, 6) is -0.686. The van der Waals surface area contributed by atoms with Gasteiger partial charge in [0.2, 0.25) is 0 Å². The zero-order valence-electron chi connectivity index (χ0n) is 14.2. The molecule has 1 N–H and O–H groups in total. The molecule has 2 aliphatic carbocycles. The maximum atomic E-state index is 12.5. The van der Waals surface area contributed by atoms with Crippen molar-refractivity contribution < 1.29 is 19.4 Å². The van der Waals surface area contributed by atoms with Gasteiger partial charge in [-0.25, -0.2) is 4.79 Å². The monoisotopic (exact) mass is 349 g/mol. The third-order valence-corrected chi connectivity index (χ3v) is 6.17. The minimum absolute atomic E-state index is 0.0249. The van der Waals surface area contributed by atoms with Crippen LogP contribution in [0.15, 0.2) is 48.5 Å². The largest absolute Gasteiger partial charge is 0.481 e. The number of nitrogens with zero attached hydrogens (tertiary/aromatic N) is 1. The molecule has 26 heavy (non-hydrogen) atoms. The summed E-state index contributed by atoms with van der Waals surface area (Å²) in [5, 5.41) is 9.36. The first-order chi connectivity index (χ1) is 12.6. The third kappa shape index (κ3) is 2.09. The molecule has 132 valence electrons. The quantitative estimate of drug-likeness (QED) is 0.923. The Kier molecular flexibility index (Phi) is 3.17. The zero-order valence-corrected chi connectivity index (χ0v) is 14.2. The molecule has 3 aliphatic rings. The minimum Gasteiger partial charge on any atom is -0.481 e. The van der Waals surface area contributed by atoms with Crippen molar-refractivity contribution in [3.63, 3.8) is 0 Å². The molecule has 1 amide bonds. The number of hydrogen-bond donors (Lipinski definition) is 1. The molecule has 0 radical (unpaired) electrons. The molecule has 2 atom stereocenters. The van der Waals surface area contributed by atoms with E-state index < -0.39 is 17.5 Å². The van der Waals surface area contributed by atoms with Crippen LogP contribution in [0.4, 0.5) is 4.79 Å². The van der Waals surface area contributed by atoms with Gasteiger partial charge in [0, 0.05) is 19.0 Å². The average Bonchev–Trinajstić information content (AvgIpc) is 3.09. The van der Waals surface area contributed by atoms with Crippen molar-refractivity contribution in [1.29, 1.82) is 0 Å². The van der Waals surface area contributed by atoms with Crippen molar-refractivity contribution in [3.8, 4) is 11.1 Å². The van der Waals surface area contributed by atoms with Crippen LogP contribution in [0.3, 0.4) is 0 Å². The molecule has 1 saturated heterocycles. The van der Waals surface area contributed by atoms with Gasteiger partial charge in [0.25, 0.3) is 0 Å². The second kappa shape index (κ2) is 5.34. The second-order valence-corrected chi connectivity index (χ2v) is 7.55. The molecule has 1 aliphatic heterocycles. The Morgan fingerprint density at radius 1 is 1.08 bits per heavy atom. The Balaban J connectivity index is 1.32. The van der Waals surface area contributed by atoms with Gasteiger partial charge in [-0.3, -0.25) is 4.79 Å². The Morgan fingerprint density at radius 3 is 2.27 bits per heavy atom. The molecule has 2 aromatic carbocycles. The topological polar surface area (TPSA) is 66.8 Å².